The van der Waals surface area contributed by atoms with Crippen molar-refractivity contribution in [3.8, 4) is 0 Å². The van der Waals surface area contributed by atoms with Crippen LogP contribution in [-0.2, 0) is 6.18 Å². The second-order valence-corrected chi connectivity index (χ2v) is 8.72. The number of carbonyl (C=O) groups is 1. The van der Waals surface area contributed by atoms with E-state index in [1.807, 2.05) is 13.8 Å². The molecule has 1 aromatic heterocycles. The van der Waals surface area contributed by atoms with Gasteiger partial charge in [0, 0.05) is 31.1 Å². The highest BCUT2D eigenvalue weighted by molar-refractivity contribution is 7.16. The van der Waals surface area contributed by atoms with Crippen molar-refractivity contribution in [1.29, 1.82) is 0 Å². The highest BCUT2D eigenvalue weighted by atomic mass is 35.5. The van der Waals surface area contributed by atoms with Crippen LogP contribution >= 0.6 is 22.9 Å². The van der Waals surface area contributed by atoms with E-state index in [9.17, 15) is 18.0 Å². The number of thiazole rings is 1. The summed E-state index contributed by atoms with van der Waals surface area (Å²) < 4.78 is 38.4. The Morgan fingerprint density at radius 2 is 1.90 bits per heavy atom. The normalized spacial score (nSPS) is 15.8. The second-order valence-electron chi connectivity index (χ2n) is 7.30. The largest absolute Gasteiger partial charge is 0.416 e. The number of amides is 1. The Labute approximate surface area is 176 Å². The van der Waals surface area contributed by atoms with Crippen molar-refractivity contribution in [2.24, 2.45) is 0 Å². The molecule has 3 rings (SSSR count). The van der Waals surface area contributed by atoms with Crippen LogP contribution in [-0.4, -0.2) is 49.0 Å². The Morgan fingerprint density at radius 1 is 1.24 bits per heavy atom. The molecule has 0 atom stereocenters. The monoisotopic (exact) mass is 446 g/mol. The number of piperazine rings is 1. The van der Waals surface area contributed by atoms with Gasteiger partial charge in [0.1, 0.15) is 5.69 Å². The Bertz CT molecular complexity index is 892. The van der Waals surface area contributed by atoms with Gasteiger partial charge in [0.05, 0.1) is 16.3 Å². The lowest BCUT2D eigenvalue weighted by atomic mass is 10.1. The number of likely N-dealkylation sites (N-methyl/N-ethyl adjacent to an activating group) is 1. The molecule has 0 unspecified atom stereocenters. The first-order valence-corrected chi connectivity index (χ1v) is 10.4. The molecule has 5 nitrogen and oxygen atoms in total. The zero-order valence-electron chi connectivity index (χ0n) is 16.3. The topological polar surface area (TPSA) is 48.5 Å². The van der Waals surface area contributed by atoms with E-state index in [2.05, 4.69) is 27.1 Å². The minimum Gasteiger partial charge on any atom is -0.346 e. The number of nitrogens with one attached hydrogen (secondary N) is 1. The van der Waals surface area contributed by atoms with Crippen molar-refractivity contribution in [3.05, 3.63) is 39.4 Å². The summed E-state index contributed by atoms with van der Waals surface area (Å²) in [6.07, 6.45) is -4.50. The quantitative estimate of drug-likeness (QED) is 0.722. The number of halogens is 4. The summed E-state index contributed by atoms with van der Waals surface area (Å²) in [7, 11) is 2.06. The molecule has 1 amide bonds. The molecule has 1 saturated heterocycles. The molecule has 1 fully saturated rings. The van der Waals surface area contributed by atoms with Crippen LogP contribution in [0.1, 0.15) is 40.7 Å². The lowest BCUT2D eigenvalue weighted by molar-refractivity contribution is -0.137. The van der Waals surface area contributed by atoms with Gasteiger partial charge in [0.15, 0.2) is 5.13 Å². The Kier molecular flexibility index (Phi) is 6.40. The van der Waals surface area contributed by atoms with Crippen molar-refractivity contribution in [3.63, 3.8) is 0 Å². The van der Waals surface area contributed by atoms with Gasteiger partial charge in [0.2, 0.25) is 0 Å². The first-order valence-electron chi connectivity index (χ1n) is 9.18. The molecule has 1 aliphatic rings. The Balaban J connectivity index is 1.83. The molecule has 2 aromatic rings. The number of rotatable bonds is 4. The van der Waals surface area contributed by atoms with E-state index < -0.39 is 17.6 Å². The highest BCUT2D eigenvalue weighted by Crippen LogP contribution is 2.35. The average Bonchev–Trinajstić information content (AvgIpc) is 3.09. The van der Waals surface area contributed by atoms with Gasteiger partial charge in [-0.1, -0.05) is 25.4 Å². The molecule has 1 aliphatic heterocycles. The maximum atomic E-state index is 12.8. The third kappa shape index (κ3) is 5.02. The van der Waals surface area contributed by atoms with E-state index in [1.165, 1.54) is 11.3 Å². The number of nitrogens with zero attached hydrogens (tertiary/aromatic N) is 3. The SMILES string of the molecule is CC(C)c1sc(N2CCN(C)CC2)nc1C(=O)Nc1ccc(C(F)(F)F)cc1Cl. The van der Waals surface area contributed by atoms with Crippen molar-refractivity contribution in [2.45, 2.75) is 25.9 Å². The molecule has 0 spiro atoms. The predicted octanol–water partition coefficient (Wildman–Crippen LogP) is 4.94. The van der Waals surface area contributed by atoms with Gasteiger partial charge in [-0.15, -0.1) is 11.3 Å². The van der Waals surface area contributed by atoms with Gasteiger partial charge in [-0.3, -0.25) is 4.79 Å². The zero-order chi connectivity index (χ0) is 21.3. The molecule has 10 heteroatoms. The second kappa shape index (κ2) is 8.49. The van der Waals surface area contributed by atoms with E-state index in [1.54, 1.807) is 0 Å². The maximum Gasteiger partial charge on any atom is 0.416 e. The summed E-state index contributed by atoms with van der Waals surface area (Å²) in [5.74, 6) is -0.399. The van der Waals surface area contributed by atoms with E-state index in [0.29, 0.717) is 0 Å². The molecule has 0 bridgehead atoms. The smallest absolute Gasteiger partial charge is 0.346 e. The van der Waals surface area contributed by atoms with Crippen molar-refractivity contribution < 1.29 is 18.0 Å². The van der Waals surface area contributed by atoms with Crippen molar-refractivity contribution in [1.82, 2.24) is 9.88 Å². The molecule has 1 N–H and O–H groups in total. The highest BCUT2D eigenvalue weighted by Gasteiger charge is 2.31. The maximum absolute atomic E-state index is 12.8. The summed E-state index contributed by atoms with van der Waals surface area (Å²) in [5.41, 5.74) is -0.460. The first-order chi connectivity index (χ1) is 13.6. The molecule has 158 valence electrons. The summed E-state index contributed by atoms with van der Waals surface area (Å²) in [5, 5.41) is 3.21. The molecule has 2 heterocycles. The average molecular weight is 447 g/mol. The van der Waals surface area contributed by atoms with Gasteiger partial charge in [0.25, 0.3) is 5.91 Å². The van der Waals surface area contributed by atoms with Crippen LogP contribution < -0.4 is 10.2 Å². The Morgan fingerprint density at radius 3 is 2.45 bits per heavy atom. The fourth-order valence-electron chi connectivity index (χ4n) is 2.98. The summed E-state index contributed by atoms with van der Waals surface area (Å²) in [4.78, 5) is 22.6. The van der Waals surface area contributed by atoms with Crippen LogP contribution in [0.4, 0.5) is 24.0 Å². The number of anilines is 2. The molecular weight excluding hydrogens is 425 g/mol. The lowest BCUT2D eigenvalue weighted by Crippen LogP contribution is -2.44. The molecule has 1 aromatic carbocycles. The van der Waals surface area contributed by atoms with Crippen LogP contribution in [0.3, 0.4) is 0 Å². The van der Waals surface area contributed by atoms with Crippen LogP contribution in [0.15, 0.2) is 18.2 Å². The number of hydrogen-bond acceptors (Lipinski definition) is 5. The number of alkyl halides is 3. The minimum absolute atomic E-state index is 0.0811. The summed E-state index contributed by atoms with van der Waals surface area (Å²) in [6, 6.07) is 2.85. The van der Waals surface area contributed by atoms with Gasteiger partial charge in [-0.25, -0.2) is 4.98 Å². The number of hydrogen-bond donors (Lipinski definition) is 1. The minimum atomic E-state index is -4.50. The molecular formula is C19H22ClF3N4OS. The van der Waals surface area contributed by atoms with E-state index in [-0.39, 0.29) is 22.3 Å². The van der Waals surface area contributed by atoms with E-state index in [0.717, 1.165) is 54.4 Å². The summed E-state index contributed by atoms with van der Waals surface area (Å²) in [6.45, 7) is 7.44. The van der Waals surface area contributed by atoms with Gasteiger partial charge in [-0.05, 0) is 31.2 Å². The third-order valence-corrected chi connectivity index (χ3v) is 6.43. The fourth-order valence-corrected chi connectivity index (χ4v) is 4.33. The van der Waals surface area contributed by atoms with Gasteiger partial charge >= 0.3 is 6.18 Å². The van der Waals surface area contributed by atoms with Crippen LogP contribution in [0.2, 0.25) is 5.02 Å². The Hall–Kier alpha value is -1.84. The molecule has 0 saturated carbocycles. The third-order valence-electron chi connectivity index (χ3n) is 4.70. The van der Waals surface area contributed by atoms with Crippen LogP contribution in [0.25, 0.3) is 0 Å². The lowest BCUT2D eigenvalue weighted by Gasteiger charge is -2.32. The molecule has 0 radical (unpaired) electrons. The van der Waals surface area contributed by atoms with Crippen molar-refractivity contribution in [2.75, 3.05) is 43.4 Å². The molecule has 29 heavy (non-hydrogen) atoms. The van der Waals surface area contributed by atoms with Gasteiger partial charge < -0.3 is 15.1 Å². The number of aromatic nitrogens is 1. The molecule has 0 aliphatic carbocycles. The first kappa shape index (κ1) is 21.9. The standard InChI is InChI=1S/C19H22ClF3N4OS/c1-11(2)16-15(25-18(29-16)27-8-6-26(3)7-9-27)17(28)24-14-5-4-12(10-13(14)20)19(21,22)23/h4-5,10-11H,6-9H2,1-3H3,(H,24,28). The van der Waals surface area contributed by atoms with Crippen LogP contribution in [0.5, 0.6) is 0 Å². The van der Waals surface area contributed by atoms with E-state index >= 15 is 0 Å². The number of benzene rings is 1. The van der Waals surface area contributed by atoms with Crippen molar-refractivity contribution >= 4 is 39.7 Å². The van der Waals surface area contributed by atoms with Crippen LogP contribution in [0, 0.1) is 0 Å². The predicted molar refractivity (Wildman–Crippen MR) is 110 cm³/mol. The summed E-state index contributed by atoms with van der Waals surface area (Å²) >= 11 is 7.44. The van der Waals surface area contributed by atoms with Gasteiger partial charge in [-0.2, -0.15) is 13.2 Å². The van der Waals surface area contributed by atoms with E-state index in [4.69, 9.17) is 11.6 Å². The zero-order valence-corrected chi connectivity index (χ0v) is 17.9. The number of carbonyl (C=O) groups excluding carboxylic acids is 1. The fraction of sp³-hybridized carbons (Fsp3) is 0.474.